The normalized spacial score (nSPS) is 10.8. The van der Waals surface area contributed by atoms with E-state index in [-0.39, 0.29) is 9.92 Å². The summed E-state index contributed by atoms with van der Waals surface area (Å²) in [5.41, 5.74) is 0.937. The van der Waals surface area contributed by atoms with E-state index in [2.05, 4.69) is 0 Å². The monoisotopic (exact) mass is 326 g/mol. The highest BCUT2D eigenvalue weighted by Gasteiger charge is 2.11. The highest BCUT2D eigenvalue weighted by molar-refractivity contribution is 7.13. The summed E-state index contributed by atoms with van der Waals surface area (Å²) in [6.45, 7) is 1.86. The van der Waals surface area contributed by atoms with Crippen LogP contribution >= 0.6 is 22.9 Å². The number of nitrogens with zero attached hydrogens (tertiary/aromatic N) is 2. The molecule has 0 fully saturated rings. The van der Waals surface area contributed by atoms with Gasteiger partial charge in [-0.2, -0.15) is 0 Å². The van der Waals surface area contributed by atoms with Crippen LogP contribution in [0.15, 0.2) is 35.7 Å². The fourth-order valence-electron chi connectivity index (χ4n) is 1.81. The van der Waals surface area contributed by atoms with Crippen molar-refractivity contribution in [2.45, 2.75) is 6.54 Å². The van der Waals surface area contributed by atoms with Gasteiger partial charge >= 0.3 is 5.00 Å². The SMILES string of the molecule is CN(CCOc1ccccc1Cl)Cc1csc([N+](=O)[O-])c1. The van der Waals surface area contributed by atoms with Gasteiger partial charge in [-0.1, -0.05) is 35.1 Å². The summed E-state index contributed by atoms with van der Waals surface area (Å²) < 4.78 is 5.61. The van der Waals surface area contributed by atoms with Crippen molar-refractivity contribution >= 4 is 27.9 Å². The summed E-state index contributed by atoms with van der Waals surface area (Å²) in [6.07, 6.45) is 0. The first-order chi connectivity index (χ1) is 10.1. The number of para-hydroxylation sites is 1. The molecule has 2 rings (SSSR count). The standard InChI is InChI=1S/C14H15ClN2O3S/c1-16(9-11-8-14(17(18)19)21-10-11)6-7-20-13-5-3-2-4-12(13)15/h2-5,8,10H,6-7,9H2,1H3. The van der Waals surface area contributed by atoms with E-state index < -0.39 is 0 Å². The molecule has 1 aromatic heterocycles. The summed E-state index contributed by atoms with van der Waals surface area (Å²) in [6, 6.07) is 8.94. The minimum absolute atomic E-state index is 0.172. The topological polar surface area (TPSA) is 55.6 Å². The van der Waals surface area contributed by atoms with Crippen LogP contribution in [-0.4, -0.2) is 30.0 Å². The lowest BCUT2D eigenvalue weighted by Crippen LogP contribution is -2.23. The largest absolute Gasteiger partial charge is 0.491 e. The third kappa shape index (κ3) is 4.70. The molecule has 2 aromatic rings. The third-order valence-corrected chi connectivity index (χ3v) is 4.08. The molecular weight excluding hydrogens is 312 g/mol. The second kappa shape index (κ2) is 7.40. The van der Waals surface area contributed by atoms with E-state index in [9.17, 15) is 10.1 Å². The van der Waals surface area contributed by atoms with Crippen LogP contribution in [0.3, 0.4) is 0 Å². The average Bonchev–Trinajstić information content (AvgIpc) is 2.89. The van der Waals surface area contributed by atoms with Crippen LogP contribution < -0.4 is 4.74 Å². The minimum atomic E-state index is -0.366. The van der Waals surface area contributed by atoms with Crippen molar-refractivity contribution in [1.29, 1.82) is 0 Å². The molecule has 0 amide bonds. The predicted octanol–water partition coefficient (Wildman–Crippen LogP) is 3.82. The van der Waals surface area contributed by atoms with Gasteiger partial charge in [0, 0.05) is 24.5 Å². The van der Waals surface area contributed by atoms with Crippen molar-refractivity contribution in [2.24, 2.45) is 0 Å². The van der Waals surface area contributed by atoms with Gasteiger partial charge in [-0.05, 0) is 24.7 Å². The Kier molecular flexibility index (Phi) is 5.55. The van der Waals surface area contributed by atoms with Gasteiger partial charge in [-0.15, -0.1) is 0 Å². The van der Waals surface area contributed by atoms with Crippen LogP contribution in [0.1, 0.15) is 5.56 Å². The molecule has 21 heavy (non-hydrogen) atoms. The van der Waals surface area contributed by atoms with E-state index in [1.165, 1.54) is 0 Å². The zero-order valence-electron chi connectivity index (χ0n) is 11.5. The van der Waals surface area contributed by atoms with Gasteiger partial charge in [-0.25, -0.2) is 0 Å². The number of ether oxygens (including phenoxy) is 1. The van der Waals surface area contributed by atoms with E-state index in [4.69, 9.17) is 16.3 Å². The number of thiophene rings is 1. The minimum Gasteiger partial charge on any atom is -0.491 e. The molecule has 0 N–H and O–H groups in total. The molecule has 0 aliphatic rings. The first kappa shape index (κ1) is 15.8. The van der Waals surface area contributed by atoms with E-state index in [0.717, 1.165) is 16.9 Å². The number of hydrogen-bond acceptors (Lipinski definition) is 5. The fraction of sp³-hybridized carbons (Fsp3) is 0.286. The van der Waals surface area contributed by atoms with Gasteiger partial charge in [0.1, 0.15) is 12.4 Å². The Hall–Kier alpha value is -1.63. The molecule has 5 nitrogen and oxygen atoms in total. The molecule has 0 spiro atoms. The van der Waals surface area contributed by atoms with Crippen LogP contribution in [0.25, 0.3) is 0 Å². The molecule has 0 saturated carbocycles. The van der Waals surface area contributed by atoms with Crippen molar-refractivity contribution in [1.82, 2.24) is 4.90 Å². The van der Waals surface area contributed by atoms with E-state index in [1.807, 2.05) is 35.5 Å². The molecule has 0 radical (unpaired) electrons. The maximum Gasteiger partial charge on any atom is 0.324 e. The van der Waals surface area contributed by atoms with Crippen LogP contribution in [0.2, 0.25) is 5.02 Å². The summed E-state index contributed by atoms with van der Waals surface area (Å²) in [5.74, 6) is 0.665. The molecule has 0 unspecified atom stereocenters. The Balaban J connectivity index is 1.78. The lowest BCUT2D eigenvalue weighted by molar-refractivity contribution is -0.380. The maximum absolute atomic E-state index is 10.6. The molecule has 0 aliphatic heterocycles. The third-order valence-electron chi connectivity index (χ3n) is 2.84. The van der Waals surface area contributed by atoms with Crippen molar-refractivity contribution in [3.63, 3.8) is 0 Å². The van der Waals surface area contributed by atoms with Crippen LogP contribution in [0.4, 0.5) is 5.00 Å². The summed E-state index contributed by atoms with van der Waals surface area (Å²) in [5, 5.41) is 13.2. The summed E-state index contributed by atoms with van der Waals surface area (Å²) >= 11 is 7.15. The molecule has 0 saturated heterocycles. The van der Waals surface area contributed by atoms with Crippen molar-refractivity contribution < 1.29 is 9.66 Å². The Morgan fingerprint density at radius 2 is 2.19 bits per heavy atom. The van der Waals surface area contributed by atoms with Gasteiger partial charge < -0.3 is 4.74 Å². The van der Waals surface area contributed by atoms with Crippen LogP contribution in [0.5, 0.6) is 5.75 Å². The lowest BCUT2D eigenvalue weighted by atomic mass is 10.3. The maximum atomic E-state index is 10.6. The Morgan fingerprint density at radius 1 is 1.43 bits per heavy atom. The van der Waals surface area contributed by atoms with Gasteiger partial charge in [0.25, 0.3) is 0 Å². The van der Waals surface area contributed by atoms with E-state index in [1.54, 1.807) is 12.1 Å². The molecule has 1 aromatic carbocycles. The average molecular weight is 327 g/mol. The molecule has 0 aliphatic carbocycles. The predicted molar refractivity (Wildman–Crippen MR) is 84.3 cm³/mol. The zero-order valence-corrected chi connectivity index (χ0v) is 13.1. The van der Waals surface area contributed by atoms with Gasteiger partial charge in [0.15, 0.2) is 0 Å². The fourth-order valence-corrected chi connectivity index (χ4v) is 2.72. The van der Waals surface area contributed by atoms with Gasteiger partial charge in [0.2, 0.25) is 0 Å². The molecule has 0 bridgehead atoms. The summed E-state index contributed by atoms with van der Waals surface area (Å²) in [4.78, 5) is 12.3. The molecule has 1 heterocycles. The van der Waals surface area contributed by atoms with E-state index >= 15 is 0 Å². The highest BCUT2D eigenvalue weighted by Crippen LogP contribution is 2.24. The van der Waals surface area contributed by atoms with Gasteiger partial charge in [-0.3, -0.25) is 15.0 Å². The van der Waals surface area contributed by atoms with E-state index in [0.29, 0.717) is 30.5 Å². The number of rotatable bonds is 7. The molecule has 0 atom stereocenters. The molecule has 112 valence electrons. The number of benzene rings is 1. The van der Waals surface area contributed by atoms with Crippen molar-refractivity contribution in [3.8, 4) is 5.75 Å². The molecular formula is C14H15ClN2O3S. The smallest absolute Gasteiger partial charge is 0.324 e. The Bertz CT molecular complexity index is 618. The highest BCUT2D eigenvalue weighted by atomic mass is 35.5. The number of hydrogen-bond donors (Lipinski definition) is 0. The van der Waals surface area contributed by atoms with Crippen molar-refractivity contribution in [2.75, 3.05) is 20.2 Å². The summed E-state index contributed by atoms with van der Waals surface area (Å²) in [7, 11) is 1.94. The van der Waals surface area contributed by atoms with Crippen LogP contribution in [0, 0.1) is 10.1 Å². The quantitative estimate of drug-likeness (QED) is 0.573. The first-order valence-electron chi connectivity index (χ1n) is 6.34. The van der Waals surface area contributed by atoms with Crippen LogP contribution in [-0.2, 0) is 6.54 Å². The Labute approximate surface area is 131 Å². The number of halogens is 1. The first-order valence-corrected chi connectivity index (χ1v) is 7.59. The number of nitro groups is 1. The lowest BCUT2D eigenvalue weighted by Gasteiger charge is -2.16. The van der Waals surface area contributed by atoms with Crippen molar-refractivity contribution in [3.05, 3.63) is 56.4 Å². The zero-order chi connectivity index (χ0) is 15.2. The van der Waals surface area contributed by atoms with Gasteiger partial charge in [0.05, 0.1) is 9.95 Å². The number of likely N-dealkylation sites (N-methyl/N-ethyl adjacent to an activating group) is 1. The Morgan fingerprint density at radius 3 is 2.86 bits per heavy atom. The second-order valence-electron chi connectivity index (χ2n) is 4.57. The molecule has 7 heteroatoms. The second-order valence-corrected chi connectivity index (χ2v) is 5.86.